The van der Waals surface area contributed by atoms with Gasteiger partial charge in [0, 0.05) is 32.6 Å². The van der Waals surface area contributed by atoms with Gasteiger partial charge in [0.25, 0.3) is 0 Å². The van der Waals surface area contributed by atoms with E-state index in [4.69, 9.17) is 23.2 Å². The first-order valence-corrected chi connectivity index (χ1v) is 10.8. The lowest BCUT2D eigenvalue weighted by molar-refractivity contribution is -0.113. The summed E-state index contributed by atoms with van der Waals surface area (Å²) in [7, 11) is 0. The van der Waals surface area contributed by atoms with Gasteiger partial charge in [-0.2, -0.15) is 0 Å². The van der Waals surface area contributed by atoms with Gasteiger partial charge in [0.1, 0.15) is 0 Å². The van der Waals surface area contributed by atoms with E-state index in [1.807, 2.05) is 54.6 Å². The zero-order valence-corrected chi connectivity index (χ0v) is 17.3. The number of halogens is 2. The minimum absolute atomic E-state index is 0.0565. The van der Waals surface area contributed by atoms with E-state index in [0.717, 1.165) is 26.9 Å². The van der Waals surface area contributed by atoms with Crippen LogP contribution in [-0.2, 0) is 10.5 Å². The van der Waals surface area contributed by atoms with Crippen LogP contribution < -0.4 is 5.32 Å². The van der Waals surface area contributed by atoms with Crippen molar-refractivity contribution in [2.24, 2.45) is 0 Å². The molecule has 27 heavy (non-hydrogen) atoms. The van der Waals surface area contributed by atoms with E-state index in [1.165, 1.54) is 11.8 Å². The molecule has 1 amide bonds. The minimum Gasteiger partial charge on any atom is -0.325 e. The number of thioether (sulfide) groups is 2. The summed E-state index contributed by atoms with van der Waals surface area (Å²) in [6.07, 6.45) is 1.72. The van der Waals surface area contributed by atoms with Crippen molar-refractivity contribution in [2.45, 2.75) is 15.7 Å². The molecular formula is C20H16Cl2N2OS2. The monoisotopic (exact) mass is 434 g/mol. The molecule has 0 aliphatic carbocycles. The fourth-order valence-electron chi connectivity index (χ4n) is 2.20. The maximum atomic E-state index is 12.1. The molecule has 0 spiro atoms. The summed E-state index contributed by atoms with van der Waals surface area (Å²) in [6, 6.07) is 18.9. The van der Waals surface area contributed by atoms with Crippen LogP contribution in [0.25, 0.3) is 0 Å². The van der Waals surface area contributed by atoms with E-state index < -0.39 is 0 Å². The first-order chi connectivity index (χ1) is 13.1. The van der Waals surface area contributed by atoms with Crippen molar-refractivity contribution in [1.29, 1.82) is 0 Å². The van der Waals surface area contributed by atoms with Crippen LogP contribution in [0.4, 0.5) is 5.69 Å². The molecule has 3 nitrogen and oxygen atoms in total. The molecule has 0 fully saturated rings. The summed E-state index contributed by atoms with van der Waals surface area (Å²) in [5, 5.41) is 5.03. The van der Waals surface area contributed by atoms with Crippen LogP contribution >= 0.6 is 46.7 Å². The van der Waals surface area contributed by atoms with Gasteiger partial charge in [0.2, 0.25) is 5.91 Å². The molecule has 0 bridgehead atoms. The average Bonchev–Trinajstić information content (AvgIpc) is 2.68. The molecule has 0 aliphatic heterocycles. The van der Waals surface area contributed by atoms with Gasteiger partial charge in [-0.25, -0.2) is 4.98 Å². The highest BCUT2D eigenvalue weighted by Gasteiger charge is 2.06. The van der Waals surface area contributed by atoms with Gasteiger partial charge < -0.3 is 5.32 Å². The molecular weight excluding hydrogens is 419 g/mol. The normalized spacial score (nSPS) is 10.6. The van der Waals surface area contributed by atoms with Crippen LogP contribution in [0, 0.1) is 0 Å². The number of hydrogen-bond donors (Lipinski definition) is 1. The third-order valence-electron chi connectivity index (χ3n) is 3.54. The summed E-state index contributed by atoms with van der Waals surface area (Å²) >= 11 is 15.2. The number of carbonyl (C=O) groups excluding carboxylic acids is 1. The predicted molar refractivity (Wildman–Crippen MR) is 116 cm³/mol. The highest BCUT2D eigenvalue weighted by atomic mass is 35.5. The topological polar surface area (TPSA) is 42.0 Å². The van der Waals surface area contributed by atoms with Crippen LogP contribution in [0.15, 0.2) is 76.8 Å². The fourth-order valence-corrected chi connectivity index (χ4v) is 4.32. The predicted octanol–water partition coefficient (Wildman–Crippen LogP) is 6.41. The lowest BCUT2D eigenvalue weighted by Gasteiger charge is -2.07. The zero-order valence-electron chi connectivity index (χ0n) is 14.2. The molecule has 7 heteroatoms. The molecule has 0 saturated heterocycles. The zero-order chi connectivity index (χ0) is 19.1. The summed E-state index contributed by atoms with van der Waals surface area (Å²) in [5.41, 5.74) is 1.81. The Morgan fingerprint density at radius 2 is 1.81 bits per heavy atom. The second-order valence-electron chi connectivity index (χ2n) is 5.55. The molecule has 138 valence electrons. The van der Waals surface area contributed by atoms with E-state index in [1.54, 1.807) is 24.0 Å². The lowest BCUT2D eigenvalue weighted by Crippen LogP contribution is -2.13. The van der Waals surface area contributed by atoms with Crippen LogP contribution in [-0.4, -0.2) is 16.6 Å². The Kier molecular flexibility index (Phi) is 7.47. The van der Waals surface area contributed by atoms with Crippen LogP contribution in [0.1, 0.15) is 5.56 Å². The number of nitrogens with zero attached hydrogens (tertiary/aromatic N) is 1. The van der Waals surface area contributed by atoms with Crippen molar-refractivity contribution in [3.8, 4) is 0 Å². The molecule has 3 rings (SSSR count). The highest BCUT2D eigenvalue weighted by molar-refractivity contribution is 8.00. The number of carbonyl (C=O) groups is 1. The highest BCUT2D eigenvalue weighted by Crippen LogP contribution is 2.29. The number of anilines is 1. The van der Waals surface area contributed by atoms with Gasteiger partial charge in [-0.05, 0) is 54.1 Å². The van der Waals surface area contributed by atoms with E-state index in [9.17, 15) is 4.79 Å². The van der Waals surface area contributed by atoms with Crippen molar-refractivity contribution in [3.05, 3.63) is 82.5 Å². The third kappa shape index (κ3) is 6.47. The number of rotatable bonds is 7. The Morgan fingerprint density at radius 3 is 2.52 bits per heavy atom. The van der Waals surface area contributed by atoms with Gasteiger partial charge in [-0.1, -0.05) is 47.1 Å². The quantitative estimate of drug-likeness (QED) is 0.436. The van der Waals surface area contributed by atoms with E-state index in [0.29, 0.717) is 15.8 Å². The van der Waals surface area contributed by atoms with E-state index >= 15 is 0 Å². The van der Waals surface area contributed by atoms with Crippen molar-refractivity contribution in [2.75, 3.05) is 11.1 Å². The number of aromatic nitrogens is 1. The van der Waals surface area contributed by atoms with Crippen LogP contribution in [0.5, 0.6) is 0 Å². The van der Waals surface area contributed by atoms with Gasteiger partial charge in [0.15, 0.2) is 0 Å². The summed E-state index contributed by atoms with van der Waals surface area (Å²) in [6.45, 7) is 0. The first kappa shape index (κ1) is 20.1. The van der Waals surface area contributed by atoms with Gasteiger partial charge in [-0.15, -0.1) is 11.8 Å². The summed E-state index contributed by atoms with van der Waals surface area (Å²) in [4.78, 5) is 17.3. The van der Waals surface area contributed by atoms with Crippen molar-refractivity contribution < 1.29 is 4.79 Å². The Morgan fingerprint density at radius 1 is 1.00 bits per heavy atom. The Bertz CT molecular complexity index is 906. The number of hydrogen-bond acceptors (Lipinski definition) is 4. The Balaban J connectivity index is 1.48. The average molecular weight is 435 g/mol. The number of benzene rings is 2. The van der Waals surface area contributed by atoms with Gasteiger partial charge in [0.05, 0.1) is 10.8 Å². The number of nitrogens with one attached hydrogen (secondary N) is 1. The van der Waals surface area contributed by atoms with Gasteiger partial charge >= 0.3 is 0 Å². The third-order valence-corrected chi connectivity index (χ3v) is 6.13. The lowest BCUT2D eigenvalue weighted by atomic mass is 10.2. The Labute approximate surface area is 176 Å². The molecule has 0 unspecified atom stereocenters. The van der Waals surface area contributed by atoms with Crippen molar-refractivity contribution in [3.63, 3.8) is 0 Å². The van der Waals surface area contributed by atoms with Crippen LogP contribution in [0.3, 0.4) is 0 Å². The molecule has 1 N–H and O–H groups in total. The SMILES string of the molecule is O=C(CSc1ccccn1)Nc1ccc(SCc2ccc(Cl)cc2Cl)cc1. The molecule has 2 aromatic carbocycles. The van der Waals surface area contributed by atoms with E-state index in [2.05, 4.69) is 10.3 Å². The number of amides is 1. The molecule has 3 aromatic rings. The van der Waals surface area contributed by atoms with Crippen molar-refractivity contribution in [1.82, 2.24) is 4.98 Å². The molecule has 1 aromatic heterocycles. The maximum Gasteiger partial charge on any atom is 0.234 e. The molecule has 1 heterocycles. The Hall–Kier alpha value is -1.66. The molecule has 0 saturated carbocycles. The van der Waals surface area contributed by atoms with Gasteiger partial charge in [-0.3, -0.25) is 4.79 Å². The summed E-state index contributed by atoms with van der Waals surface area (Å²) in [5.74, 6) is 1.02. The maximum absolute atomic E-state index is 12.1. The molecule has 0 atom stereocenters. The summed E-state index contributed by atoms with van der Waals surface area (Å²) < 4.78 is 0. The second kappa shape index (κ2) is 10.0. The fraction of sp³-hybridized carbons (Fsp3) is 0.100. The van der Waals surface area contributed by atoms with Crippen molar-refractivity contribution >= 4 is 58.3 Å². The number of pyridine rings is 1. The standard InChI is InChI=1S/C20H16Cl2N2OS2/c21-15-5-4-14(18(22)11-15)12-26-17-8-6-16(7-9-17)24-19(25)13-27-20-3-1-2-10-23-20/h1-11H,12-13H2,(H,24,25). The minimum atomic E-state index is -0.0565. The van der Waals surface area contributed by atoms with E-state index in [-0.39, 0.29) is 5.91 Å². The largest absolute Gasteiger partial charge is 0.325 e. The molecule has 0 radical (unpaired) electrons. The second-order valence-corrected chi connectivity index (χ2v) is 8.44. The van der Waals surface area contributed by atoms with Crippen LogP contribution in [0.2, 0.25) is 10.0 Å². The first-order valence-electron chi connectivity index (χ1n) is 8.10. The smallest absolute Gasteiger partial charge is 0.234 e. The molecule has 0 aliphatic rings.